The molecule has 2 amide bonds. The van der Waals surface area contributed by atoms with Gasteiger partial charge in [-0.1, -0.05) is 74.5 Å². The number of hydrogen-bond donors (Lipinski definition) is 4. The second-order valence-corrected chi connectivity index (χ2v) is 8.29. The molecule has 0 aliphatic heterocycles. The Hall–Kier alpha value is -2.90. The lowest BCUT2D eigenvalue weighted by Crippen LogP contribution is -2.43. The third-order valence-corrected chi connectivity index (χ3v) is 5.35. The summed E-state index contributed by atoms with van der Waals surface area (Å²) in [7, 11) is 0. The second kappa shape index (κ2) is 13.5. The Morgan fingerprint density at radius 1 is 0.938 bits per heavy atom. The highest BCUT2D eigenvalue weighted by Crippen LogP contribution is 2.20. The maximum absolute atomic E-state index is 12.6. The molecule has 2 aromatic carbocycles. The van der Waals surface area contributed by atoms with Crippen LogP contribution in [0.3, 0.4) is 0 Å². The van der Waals surface area contributed by atoms with Crippen molar-refractivity contribution in [1.29, 1.82) is 0 Å². The first-order chi connectivity index (χ1) is 15.4. The van der Waals surface area contributed by atoms with E-state index in [-0.39, 0.29) is 43.9 Å². The molecule has 5 N–H and O–H groups in total. The standard InChI is InChI=1S/C25H35N3O4/c1-18(2)21(16-23(29)22(26)15-19-9-5-3-6-10-19)24(30)27-13-14-28-25(31)32-17-20-11-7-4-8-12-20/h3-12,18,21-23,29H,13-17,26H2,1-2H3,(H,27,30)(H,28,31)/t21-,22+,23+/m1/s1. The molecule has 0 unspecified atom stereocenters. The van der Waals surface area contributed by atoms with Gasteiger partial charge in [-0.2, -0.15) is 0 Å². The van der Waals surface area contributed by atoms with Crippen LogP contribution >= 0.6 is 0 Å². The minimum Gasteiger partial charge on any atom is -0.445 e. The zero-order chi connectivity index (χ0) is 23.3. The topological polar surface area (TPSA) is 114 Å². The van der Waals surface area contributed by atoms with Gasteiger partial charge in [0.25, 0.3) is 0 Å². The molecule has 0 spiro atoms. The number of amides is 2. The van der Waals surface area contributed by atoms with Crippen molar-refractivity contribution in [2.75, 3.05) is 13.1 Å². The zero-order valence-corrected chi connectivity index (χ0v) is 18.9. The van der Waals surface area contributed by atoms with Gasteiger partial charge in [0, 0.05) is 25.0 Å². The van der Waals surface area contributed by atoms with E-state index >= 15 is 0 Å². The molecular weight excluding hydrogens is 406 g/mol. The molecule has 0 aliphatic rings. The molecule has 174 valence electrons. The van der Waals surface area contributed by atoms with Gasteiger partial charge in [0.15, 0.2) is 0 Å². The predicted octanol–water partition coefficient (Wildman–Crippen LogP) is 2.62. The highest BCUT2D eigenvalue weighted by molar-refractivity contribution is 5.79. The van der Waals surface area contributed by atoms with Crippen molar-refractivity contribution in [1.82, 2.24) is 10.6 Å². The second-order valence-electron chi connectivity index (χ2n) is 8.29. The van der Waals surface area contributed by atoms with Gasteiger partial charge >= 0.3 is 6.09 Å². The summed E-state index contributed by atoms with van der Waals surface area (Å²) in [5.41, 5.74) is 8.13. The molecule has 3 atom stereocenters. The van der Waals surface area contributed by atoms with Crippen LogP contribution in [0.4, 0.5) is 4.79 Å². The summed E-state index contributed by atoms with van der Waals surface area (Å²) < 4.78 is 5.14. The molecule has 7 nitrogen and oxygen atoms in total. The summed E-state index contributed by atoms with van der Waals surface area (Å²) in [6.07, 6.45) is -0.502. The zero-order valence-electron chi connectivity index (χ0n) is 18.9. The highest BCUT2D eigenvalue weighted by atomic mass is 16.5. The fraction of sp³-hybridized carbons (Fsp3) is 0.440. The van der Waals surface area contributed by atoms with Crippen molar-refractivity contribution in [2.24, 2.45) is 17.6 Å². The lowest BCUT2D eigenvalue weighted by Gasteiger charge is -2.26. The van der Waals surface area contributed by atoms with Crippen molar-refractivity contribution in [3.05, 3.63) is 71.8 Å². The number of rotatable bonds is 12. The van der Waals surface area contributed by atoms with Gasteiger partial charge in [-0.3, -0.25) is 4.79 Å². The smallest absolute Gasteiger partial charge is 0.407 e. The number of aliphatic hydroxyl groups excluding tert-OH is 1. The number of alkyl carbamates (subject to hydrolysis) is 1. The first-order valence-electron chi connectivity index (χ1n) is 11.1. The molecule has 7 heteroatoms. The van der Waals surface area contributed by atoms with E-state index < -0.39 is 18.2 Å². The summed E-state index contributed by atoms with van der Waals surface area (Å²) in [6.45, 7) is 4.60. The maximum atomic E-state index is 12.6. The minimum atomic E-state index is -0.792. The van der Waals surface area contributed by atoms with Crippen molar-refractivity contribution in [3.8, 4) is 0 Å². The predicted molar refractivity (Wildman–Crippen MR) is 125 cm³/mol. The number of carbonyl (C=O) groups excluding carboxylic acids is 2. The molecule has 0 radical (unpaired) electrons. The van der Waals surface area contributed by atoms with Crippen LogP contribution in [0.5, 0.6) is 0 Å². The van der Waals surface area contributed by atoms with Crippen molar-refractivity contribution in [3.63, 3.8) is 0 Å². The summed E-state index contributed by atoms with van der Waals surface area (Å²) in [6, 6.07) is 18.7. The number of nitrogens with one attached hydrogen (secondary N) is 2. The largest absolute Gasteiger partial charge is 0.445 e. The molecule has 0 saturated heterocycles. The average Bonchev–Trinajstić information content (AvgIpc) is 2.79. The molecule has 32 heavy (non-hydrogen) atoms. The van der Waals surface area contributed by atoms with Crippen LogP contribution in [0, 0.1) is 11.8 Å². The normalized spacial score (nSPS) is 13.8. The molecule has 0 aromatic heterocycles. The van der Waals surface area contributed by atoms with Crippen molar-refractivity contribution in [2.45, 2.75) is 45.4 Å². The SMILES string of the molecule is CC(C)[C@@H](C[C@H](O)[C@@H](N)Cc1ccccc1)C(=O)NCCNC(=O)OCc1ccccc1. The van der Waals surface area contributed by atoms with Gasteiger partial charge in [-0.15, -0.1) is 0 Å². The van der Waals surface area contributed by atoms with E-state index in [0.717, 1.165) is 11.1 Å². The van der Waals surface area contributed by atoms with Crippen LogP contribution in [-0.2, 0) is 22.6 Å². The van der Waals surface area contributed by atoms with Crippen LogP contribution in [0.2, 0.25) is 0 Å². The van der Waals surface area contributed by atoms with Crippen molar-refractivity contribution < 1.29 is 19.4 Å². The first-order valence-corrected chi connectivity index (χ1v) is 11.1. The molecule has 2 rings (SSSR count). The number of ether oxygens (including phenoxy) is 1. The van der Waals surface area contributed by atoms with E-state index in [1.54, 1.807) is 0 Å². The highest BCUT2D eigenvalue weighted by Gasteiger charge is 2.27. The number of benzene rings is 2. The Kier molecular flexibility index (Phi) is 10.7. The quantitative estimate of drug-likeness (QED) is 0.378. The van der Waals surface area contributed by atoms with Gasteiger partial charge in [0.2, 0.25) is 5.91 Å². The molecule has 0 saturated carbocycles. The minimum absolute atomic E-state index is 0.0392. The Balaban J connectivity index is 1.71. The monoisotopic (exact) mass is 441 g/mol. The lowest BCUT2D eigenvalue weighted by molar-refractivity contribution is -0.127. The van der Waals surface area contributed by atoms with Crippen LogP contribution in [-0.4, -0.2) is 42.3 Å². The molecular formula is C25H35N3O4. The van der Waals surface area contributed by atoms with Crippen LogP contribution in [0.1, 0.15) is 31.4 Å². The van der Waals surface area contributed by atoms with E-state index in [2.05, 4.69) is 10.6 Å². The van der Waals surface area contributed by atoms with Crippen molar-refractivity contribution >= 4 is 12.0 Å². The fourth-order valence-electron chi connectivity index (χ4n) is 3.39. The Morgan fingerprint density at radius 3 is 2.09 bits per heavy atom. The summed E-state index contributed by atoms with van der Waals surface area (Å²) >= 11 is 0. The van der Waals surface area contributed by atoms with Gasteiger partial charge in [0.1, 0.15) is 6.61 Å². The summed E-state index contributed by atoms with van der Waals surface area (Å²) in [5.74, 6) is -0.500. The number of carbonyl (C=O) groups is 2. The van der Waals surface area contributed by atoms with E-state index in [9.17, 15) is 14.7 Å². The lowest BCUT2D eigenvalue weighted by atomic mass is 9.86. The molecule has 0 fully saturated rings. The van der Waals surface area contributed by atoms with Gasteiger partial charge < -0.3 is 26.2 Å². The van der Waals surface area contributed by atoms with Gasteiger partial charge in [-0.05, 0) is 29.9 Å². The number of nitrogens with two attached hydrogens (primary N) is 1. The number of aliphatic hydroxyl groups is 1. The third kappa shape index (κ3) is 9.08. The number of hydrogen-bond acceptors (Lipinski definition) is 5. The molecule has 0 aliphatic carbocycles. The van der Waals surface area contributed by atoms with E-state index in [1.807, 2.05) is 74.5 Å². The molecule has 0 bridgehead atoms. The van der Waals surface area contributed by atoms with E-state index in [0.29, 0.717) is 6.42 Å². The maximum Gasteiger partial charge on any atom is 0.407 e. The molecule has 0 heterocycles. The van der Waals surface area contributed by atoms with Crippen LogP contribution < -0.4 is 16.4 Å². The first kappa shape index (κ1) is 25.4. The molecule has 2 aromatic rings. The fourth-order valence-corrected chi connectivity index (χ4v) is 3.39. The summed E-state index contributed by atoms with van der Waals surface area (Å²) in [5, 5.41) is 16.0. The van der Waals surface area contributed by atoms with Gasteiger partial charge in [-0.25, -0.2) is 4.79 Å². The Morgan fingerprint density at radius 2 is 1.50 bits per heavy atom. The van der Waals surface area contributed by atoms with Gasteiger partial charge in [0.05, 0.1) is 6.10 Å². The van der Waals surface area contributed by atoms with E-state index in [4.69, 9.17) is 10.5 Å². The van der Waals surface area contributed by atoms with Crippen LogP contribution in [0.25, 0.3) is 0 Å². The van der Waals surface area contributed by atoms with Crippen LogP contribution in [0.15, 0.2) is 60.7 Å². The average molecular weight is 442 g/mol. The van der Waals surface area contributed by atoms with E-state index in [1.165, 1.54) is 0 Å². The Bertz CT molecular complexity index is 814. The summed E-state index contributed by atoms with van der Waals surface area (Å²) in [4.78, 5) is 24.4. The third-order valence-electron chi connectivity index (χ3n) is 5.35. The Labute approximate surface area is 190 Å².